The van der Waals surface area contributed by atoms with E-state index in [1.807, 2.05) is 0 Å². The van der Waals surface area contributed by atoms with Gasteiger partial charge >= 0.3 is 0 Å². The Hall–Kier alpha value is -1.56. The number of sulfone groups is 1. The molecular weight excluding hydrogens is 369 g/mol. The number of carbonyl (C=O) groups is 1. The number of halogens is 2. The summed E-state index contributed by atoms with van der Waals surface area (Å²) in [5.74, 6) is -0.376. The number of hydrogen-bond acceptors (Lipinski definition) is 3. The van der Waals surface area contributed by atoms with Crippen LogP contribution in [0.4, 0.5) is 0 Å². The van der Waals surface area contributed by atoms with Crippen LogP contribution in [0.25, 0.3) is 0 Å². The zero-order chi connectivity index (χ0) is 18.1. The number of aryl methyl sites for hydroxylation is 1. The number of hydrogen-bond donors (Lipinski definition) is 1. The molecule has 0 aliphatic carbocycles. The van der Waals surface area contributed by atoms with Crippen molar-refractivity contribution in [1.29, 1.82) is 0 Å². The molecule has 0 aromatic heterocycles. The van der Waals surface area contributed by atoms with Crippen LogP contribution in [0.2, 0.25) is 10.0 Å². The summed E-state index contributed by atoms with van der Waals surface area (Å²) in [5, 5.41) is 3.78. The van der Waals surface area contributed by atoms with Crippen molar-refractivity contribution in [2.45, 2.75) is 24.8 Å². The molecule has 0 fully saturated rings. The van der Waals surface area contributed by atoms with Gasteiger partial charge in [-0.15, -0.1) is 0 Å². The normalized spacial score (nSPS) is 12.7. The molecule has 0 saturated heterocycles. The van der Waals surface area contributed by atoms with Gasteiger partial charge in [-0.05, 0) is 49.2 Å². The molecule has 2 rings (SSSR count). The molecular formula is C17H17Cl2NO3S. The molecule has 1 unspecified atom stereocenters. The Labute approximate surface area is 151 Å². The maximum absolute atomic E-state index is 12.4. The van der Waals surface area contributed by atoms with Crippen LogP contribution in [-0.2, 0) is 9.84 Å². The molecule has 0 aliphatic rings. The van der Waals surface area contributed by atoms with Crippen LogP contribution < -0.4 is 5.32 Å². The molecule has 7 heteroatoms. The lowest BCUT2D eigenvalue weighted by Crippen LogP contribution is -2.27. The second-order valence-corrected chi connectivity index (χ2v) is 8.44. The Morgan fingerprint density at radius 2 is 1.79 bits per heavy atom. The lowest BCUT2D eigenvalue weighted by Gasteiger charge is -2.16. The van der Waals surface area contributed by atoms with E-state index in [0.717, 1.165) is 11.8 Å². The minimum absolute atomic E-state index is 0.146. The molecule has 0 radical (unpaired) electrons. The van der Waals surface area contributed by atoms with Crippen LogP contribution >= 0.6 is 23.2 Å². The van der Waals surface area contributed by atoms with Gasteiger partial charge in [0.2, 0.25) is 0 Å². The fourth-order valence-corrected chi connectivity index (χ4v) is 3.92. The highest BCUT2D eigenvalue weighted by atomic mass is 35.5. The minimum Gasteiger partial charge on any atom is -0.345 e. The molecule has 1 N–H and O–H groups in total. The highest BCUT2D eigenvalue weighted by molar-refractivity contribution is 7.90. The Balaban J connectivity index is 2.27. The number of benzene rings is 2. The van der Waals surface area contributed by atoms with Gasteiger partial charge in [-0.25, -0.2) is 8.42 Å². The first-order valence-corrected chi connectivity index (χ1v) is 9.81. The topological polar surface area (TPSA) is 63.2 Å². The minimum atomic E-state index is -3.40. The van der Waals surface area contributed by atoms with Crippen molar-refractivity contribution in [2.24, 2.45) is 0 Å². The quantitative estimate of drug-likeness (QED) is 0.857. The van der Waals surface area contributed by atoms with Crippen LogP contribution in [0.5, 0.6) is 0 Å². The third-order valence-electron chi connectivity index (χ3n) is 3.63. The van der Waals surface area contributed by atoms with E-state index >= 15 is 0 Å². The number of amides is 1. The van der Waals surface area contributed by atoms with Crippen molar-refractivity contribution in [3.05, 3.63) is 63.1 Å². The van der Waals surface area contributed by atoms with Gasteiger partial charge in [-0.2, -0.15) is 0 Å². The van der Waals surface area contributed by atoms with Gasteiger partial charge in [-0.1, -0.05) is 35.3 Å². The summed E-state index contributed by atoms with van der Waals surface area (Å²) in [4.78, 5) is 12.6. The van der Waals surface area contributed by atoms with Gasteiger partial charge in [0.15, 0.2) is 9.84 Å². The molecule has 24 heavy (non-hydrogen) atoms. The molecule has 1 amide bonds. The molecule has 0 saturated carbocycles. The molecule has 2 aromatic rings. The Morgan fingerprint density at radius 1 is 1.12 bits per heavy atom. The van der Waals surface area contributed by atoms with Gasteiger partial charge in [0.25, 0.3) is 5.91 Å². The predicted octanol–water partition coefficient (Wildman–Crippen LogP) is 4.20. The van der Waals surface area contributed by atoms with E-state index in [0.29, 0.717) is 15.6 Å². The third-order valence-corrected chi connectivity index (χ3v) is 5.43. The number of rotatable bonds is 4. The van der Waals surface area contributed by atoms with Crippen molar-refractivity contribution in [3.8, 4) is 0 Å². The third kappa shape index (κ3) is 4.29. The summed E-state index contributed by atoms with van der Waals surface area (Å²) in [7, 11) is -3.40. The van der Waals surface area contributed by atoms with Crippen molar-refractivity contribution >= 4 is 38.9 Å². The van der Waals surface area contributed by atoms with Crippen LogP contribution in [-0.4, -0.2) is 20.6 Å². The SMILES string of the molecule is Cc1ccc(C(=O)NC(C)c2ccc(Cl)cc2Cl)cc1S(C)(=O)=O. The van der Waals surface area contributed by atoms with Gasteiger partial charge in [-0.3, -0.25) is 4.79 Å². The fourth-order valence-electron chi connectivity index (χ4n) is 2.35. The maximum atomic E-state index is 12.4. The highest BCUT2D eigenvalue weighted by Crippen LogP contribution is 2.26. The fraction of sp³-hybridized carbons (Fsp3) is 0.235. The second-order valence-electron chi connectivity index (χ2n) is 5.61. The van der Waals surface area contributed by atoms with Crippen molar-refractivity contribution in [2.75, 3.05) is 6.26 Å². The maximum Gasteiger partial charge on any atom is 0.251 e. The van der Waals surface area contributed by atoms with E-state index in [-0.39, 0.29) is 22.4 Å². The average molecular weight is 386 g/mol. The number of nitrogens with one attached hydrogen (secondary N) is 1. The lowest BCUT2D eigenvalue weighted by molar-refractivity contribution is 0.0939. The van der Waals surface area contributed by atoms with Crippen LogP contribution in [0.3, 0.4) is 0 Å². The van der Waals surface area contributed by atoms with Crippen molar-refractivity contribution in [3.63, 3.8) is 0 Å². The van der Waals surface area contributed by atoms with Crippen molar-refractivity contribution < 1.29 is 13.2 Å². The molecule has 0 bridgehead atoms. The van der Waals surface area contributed by atoms with Gasteiger partial charge in [0.05, 0.1) is 10.9 Å². The highest BCUT2D eigenvalue weighted by Gasteiger charge is 2.17. The summed E-state index contributed by atoms with van der Waals surface area (Å²) in [6, 6.07) is 9.28. The van der Waals surface area contributed by atoms with E-state index < -0.39 is 9.84 Å². The van der Waals surface area contributed by atoms with E-state index in [4.69, 9.17) is 23.2 Å². The summed E-state index contributed by atoms with van der Waals surface area (Å²) in [6.07, 6.45) is 1.12. The zero-order valence-electron chi connectivity index (χ0n) is 13.4. The predicted molar refractivity (Wildman–Crippen MR) is 96.6 cm³/mol. The molecule has 0 spiro atoms. The summed E-state index contributed by atoms with van der Waals surface area (Å²) in [6.45, 7) is 3.48. The van der Waals surface area contributed by atoms with Gasteiger partial charge < -0.3 is 5.32 Å². The smallest absolute Gasteiger partial charge is 0.251 e. The molecule has 0 heterocycles. The Morgan fingerprint density at radius 3 is 2.38 bits per heavy atom. The first kappa shape index (κ1) is 18.8. The first-order valence-electron chi connectivity index (χ1n) is 7.16. The van der Waals surface area contributed by atoms with Crippen LogP contribution in [0, 0.1) is 6.92 Å². The Kier molecular flexibility index (Phi) is 5.58. The summed E-state index contributed by atoms with van der Waals surface area (Å²) >= 11 is 12.0. The van der Waals surface area contributed by atoms with Crippen LogP contribution in [0.15, 0.2) is 41.3 Å². The molecule has 2 aromatic carbocycles. The van der Waals surface area contributed by atoms with Gasteiger partial charge in [0.1, 0.15) is 0 Å². The van der Waals surface area contributed by atoms with E-state index in [1.165, 1.54) is 6.07 Å². The monoisotopic (exact) mass is 385 g/mol. The molecule has 0 aliphatic heterocycles. The van der Waals surface area contributed by atoms with E-state index in [2.05, 4.69) is 5.32 Å². The van der Waals surface area contributed by atoms with E-state index in [1.54, 1.807) is 44.2 Å². The number of carbonyl (C=O) groups excluding carboxylic acids is 1. The standard InChI is InChI=1S/C17H17Cl2NO3S/c1-10-4-5-12(8-16(10)24(3,22)23)17(21)20-11(2)14-7-6-13(18)9-15(14)19/h4-9,11H,1-3H3,(H,20,21). The van der Waals surface area contributed by atoms with Crippen molar-refractivity contribution in [1.82, 2.24) is 5.32 Å². The molecule has 4 nitrogen and oxygen atoms in total. The van der Waals surface area contributed by atoms with Crippen LogP contribution in [0.1, 0.15) is 34.5 Å². The van der Waals surface area contributed by atoms with Gasteiger partial charge in [0, 0.05) is 21.9 Å². The lowest BCUT2D eigenvalue weighted by atomic mass is 10.1. The first-order chi connectivity index (χ1) is 11.1. The summed E-state index contributed by atoms with van der Waals surface area (Å²) in [5.41, 5.74) is 1.60. The average Bonchev–Trinajstić information content (AvgIpc) is 2.46. The second kappa shape index (κ2) is 7.13. The Bertz CT molecular complexity index is 895. The molecule has 1 atom stereocenters. The largest absolute Gasteiger partial charge is 0.345 e. The zero-order valence-corrected chi connectivity index (χ0v) is 15.8. The van der Waals surface area contributed by atoms with E-state index in [9.17, 15) is 13.2 Å². The summed E-state index contributed by atoms with van der Waals surface area (Å²) < 4.78 is 23.6. The molecule has 128 valence electrons.